The van der Waals surface area contributed by atoms with Gasteiger partial charge in [0.05, 0.1) is 24.9 Å². The summed E-state index contributed by atoms with van der Waals surface area (Å²) in [7, 11) is 0. The van der Waals surface area contributed by atoms with Crippen molar-refractivity contribution in [3.63, 3.8) is 0 Å². The first-order chi connectivity index (χ1) is 12.1. The van der Waals surface area contributed by atoms with Gasteiger partial charge in [0.2, 0.25) is 6.79 Å². The second-order valence-electron chi connectivity index (χ2n) is 5.91. The van der Waals surface area contributed by atoms with Crippen molar-refractivity contribution in [3.8, 4) is 11.5 Å². The molecular formula is C17H17N3O5. The Morgan fingerprint density at radius 3 is 2.96 bits per heavy atom. The Labute approximate surface area is 143 Å². The summed E-state index contributed by atoms with van der Waals surface area (Å²) in [5.74, 6) is 1.53. The van der Waals surface area contributed by atoms with E-state index >= 15 is 0 Å². The van der Waals surface area contributed by atoms with Gasteiger partial charge in [0.1, 0.15) is 5.82 Å². The number of benzene rings is 1. The van der Waals surface area contributed by atoms with Crippen molar-refractivity contribution in [1.82, 2.24) is 14.9 Å². The average Bonchev–Trinajstić information content (AvgIpc) is 3.08. The summed E-state index contributed by atoms with van der Waals surface area (Å²) in [5.41, 5.74) is 0.774. The number of aromatic nitrogens is 2. The molecule has 1 aromatic carbocycles. The molecule has 1 amide bonds. The highest BCUT2D eigenvalue weighted by atomic mass is 16.7. The van der Waals surface area contributed by atoms with E-state index in [0.717, 1.165) is 0 Å². The lowest BCUT2D eigenvalue weighted by Crippen LogP contribution is -2.44. The molecule has 0 spiro atoms. The van der Waals surface area contributed by atoms with E-state index in [1.165, 1.54) is 6.07 Å². The number of fused-ring (bicyclic) bond motifs is 1. The van der Waals surface area contributed by atoms with E-state index in [9.17, 15) is 9.59 Å². The molecule has 8 heteroatoms. The molecular weight excluding hydrogens is 326 g/mol. The third kappa shape index (κ3) is 2.96. The molecule has 0 radical (unpaired) electrons. The smallest absolute Gasteiger partial charge is 0.254 e. The fraction of sp³-hybridized carbons (Fsp3) is 0.353. The van der Waals surface area contributed by atoms with E-state index in [2.05, 4.69) is 9.97 Å². The van der Waals surface area contributed by atoms with E-state index < -0.39 is 6.04 Å². The second-order valence-corrected chi connectivity index (χ2v) is 5.91. The lowest BCUT2D eigenvalue weighted by Gasteiger charge is -2.35. The summed E-state index contributed by atoms with van der Waals surface area (Å²) >= 11 is 0. The number of rotatable bonds is 2. The van der Waals surface area contributed by atoms with Crippen molar-refractivity contribution in [2.45, 2.75) is 13.0 Å². The fourth-order valence-corrected chi connectivity index (χ4v) is 3.06. The number of nitrogens with one attached hydrogen (secondary N) is 1. The molecule has 4 rings (SSSR count). The summed E-state index contributed by atoms with van der Waals surface area (Å²) in [4.78, 5) is 33.4. The molecule has 0 aliphatic carbocycles. The normalized spacial score (nSPS) is 19.1. The number of ether oxygens (including phenoxy) is 3. The maximum Gasteiger partial charge on any atom is 0.254 e. The van der Waals surface area contributed by atoms with Gasteiger partial charge >= 0.3 is 0 Å². The van der Waals surface area contributed by atoms with Crippen LogP contribution in [0.3, 0.4) is 0 Å². The van der Waals surface area contributed by atoms with Gasteiger partial charge in [-0.1, -0.05) is 0 Å². The van der Waals surface area contributed by atoms with E-state index in [1.54, 1.807) is 30.0 Å². The van der Waals surface area contributed by atoms with Crippen molar-refractivity contribution in [2.24, 2.45) is 0 Å². The van der Waals surface area contributed by atoms with E-state index in [-0.39, 0.29) is 18.3 Å². The van der Waals surface area contributed by atoms with Gasteiger partial charge in [-0.15, -0.1) is 0 Å². The zero-order chi connectivity index (χ0) is 17.4. The first-order valence-electron chi connectivity index (χ1n) is 7.98. The molecule has 2 aliphatic heterocycles. The molecule has 1 fully saturated rings. The fourth-order valence-electron chi connectivity index (χ4n) is 3.06. The minimum Gasteiger partial charge on any atom is -0.454 e. The molecule has 1 aromatic heterocycles. The molecule has 25 heavy (non-hydrogen) atoms. The van der Waals surface area contributed by atoms with Gasteiger partial charge in [-0.05, 0) is 25.1 Å². The predicted molar refractivity (Wildman–Crippen MR) is 86.8 cm³/mol. The topological polar surface area (TPSA) is 93.8 Å². The van der Waals surface area contributed by atoms with Crippen molar-refractivity contribution >= 4 is 5.91 Å². The van der Waals surface area contributed by atoms with Crippen molar-refractivity contribution < 1.29 is 19.0 Å². The molecule has 0 bridgehead atoms. The van der Waals surface area contributed by atoms with Crippen LogP contribution in [0.15, 0.2) is 29.1 Å². The van der Waals surface area contributed by atoms with Gasteiger partial charge in [-0.3, -0.25) is 9.59 Å². The Bertz CT molecular complexity index is 879. The molecule has 1 atom stereocenters. The Morgan fingerprint density at radius 2 is 2.12 bits per heavy atom. The monoisotopic (exact) mass is 343 g/mol. The Kier molecular flexibility index (Phi) is 3.89. The maximum atomic E-state index is 13.0. The van der Waals surface area contributed by atoms with Crippen molar-refractivity contribution in [1.29, 1.82) is 0 Å². The highest BCUT2D eigenvalue weighted by Crippen LogP contribution is 2.33. The van der Waals surface area contributed by atoms with Crippen LogP contribution in [0.4, 0.5) is 0 Å². The lowest BCUT2D eigenvalue weighted by atomic mass is 10.1. The lowest BCUT2D eigenvalue weighted by molar-refractivity contribution is -0.00402. The van der Waals surface area contributed by atoms with Gasteiger partial charge in [0, 0.05) is 18.2 Å². The summed E-state index contributed by atoms with van der Waals surface area (Å²) in [6.07, 6.45) is 0. The molecule has 2 aromatic rings. The van der Waals surface area contributed by atoms with Gasteiger partial charge in [-0.2, -0.15) is 0 Å². The number of hydrogen-bond acceptors (Lipinski definition) is 6. The third-order valence-electron chi connectivity index (χ3n) is 4.23. The largest absolute Gasteiger partial charge is 0.454 e. The predicted octanol–water partition coefficient (Wildman–Crippen LogP) is 1.02. The minimum absolute atomic E-state index is 0.156. The highest BCUT2D eigenvalue weighted by molar-refractivity contribution is 5.95. The van der Waals surface area contributed by atoms with Crippen LogP contribution in [0, 0.1) is 6.92 Å². The van der Waals surface area contributed by atoms with E-state index in [1.807, 2.05) is 0 Å². The molecule has 1 saturated heterocycles. The van der Waals surface area contributed by atoms with E-state index in [4.69, 9.17) is 14.2 Å². The first kappa shape index (κ1) is 15.6. The number of H-pyrrole nitrogens is 1. The number of nitrogens with zero attached hydrogens (tertiary/aromatic N) is 2. The number of morpholine rings is 1. The highest BCUT2D eigenvalue weighted by Gasteiger charge is 2.31. The van der Waals surface area contributed by atoms with Crippen LogP contribution in [-0.2, 0) is 4.74 Å². The Hall–Kier alpha value is -2.87. The van der Waals surface area contributed by atoms with Gasteiger partial charge in [-0.25, -0.2) is 4.98 Å². The van der Waals surface area contributed by atoms with Crippen LogP contribution in [0.2, 0.25) is 0 Å². The quantitative estimate of drug-likeness (QED) is 0.875. The van der Waals surface area contributed by atoms with Crippen LogP contribution >= 0.6 is 0 Å². The van der Waals surface area contributed by atoms with Gasteiger partial charge in [0.15, 0.2) is 11.5 Å². The zero-order valence-corrected chi connectivity index (χ0v) is 13.7. The molecule has 0 unspecified atom stereocenters. The van der Waals surface area contributed by atoms with Crippen LogP contribution in [-0.4, -0.2) is 47.3 Å². The standard InChI is InChI=1S/C17H17N3O5/c1-10-18-12(7-16(21)19-10)13-8-23-5-4-20(13)17(22)11-2-3-14-15(6-11)25-9-24-14/h2-3,6-7,13H,4-5,8-9H2,1H3,(H,18,19,21)/t13-/m1/s1. The number of carbonyl (C=O) groups is 1. The first-order valence-corrected chi connectivity index (χ1v) is 7.98. The Balaban J connectivity index is 1.66. The van der Waals surface area contributed by atoms with Crippen LogP contribution < -0.4 is 15.0 Å². The third-order valence-corrected chi connectivity index (χ3v) is 4.23. The van der Waals surface area contributed by atoms with Crippen LogP contribution in [0.5, 0.6) is 11.5 Å². The molecule has 2 aliphatic rings. The number of hydrogen-bond donors (Lipinski definition) is 1. The number of aromatic amines is 1. The van der Waals surface area contributed by atoms with Crippen molar-refractivity contribution in [2.75, 3.05) is 26.6 Å². The minimum atomic E-state index is -0.410. The summed E-state index contributed by atoms with van der Waals surface area (Å²) in [6, 6.07) is 6.10. The SMILES string of the molecule is Cc1nc([C@H]2COCCN2C(=O)c2ccc3c(c2)OCO3)cc(=O)[nH]1. The van der Waals surface area contributed by atoms with Crippen LogP contribution in [0.25, 0.3) is 0 Å². The summed E-state index contributed by atoms with van der Waals surface area (Å²) in [5, 5.41) is 0. The zero-order valence-electron chi connectivity index (χ0n) is 13.7. The van der Waals surface area contributed by atoms with E-state index in [0.29, 0.717) is 48.3 Å². The molecule has 130 valence electrons. The molecule has 3 heterocycles. The Morgan fingerprint density at radius 1 is 1.28 bits per heavy atom. The maximum absolute atomic E-state index is 13.0. The number of aryl methyl sites for hydroxylation is 1. The molecule has 1 N–H and O–H groups in total. The van der Waals surface area contributed by atoms with Gasteiger partial charge < -0.3 is 24.1 Å². The van der Waals surface area contributed by atoms with Gasteiger partial charge in [0.25, 0.3) is 11.5 Å². The molecule has 8 nitrogen and oxygen atoms in total. The summed E-state index contributed by atoms with van der Waals surface area (Å²) in [6.45, 7) is 3.02. The van der Waals surface area contributed by atoms with Crippen molar-refractivity contribution in [3.05, 3.63) is 51.7 Å². The number of amides is 1. The molecule has 0 saturated carbocycles. The second kappa shape index (κ2) is 6.21. The number of carbonyl (C=O) groups excluding carboxylic acids is 1. The van der Waals surface area contributed by atoms with Crippen LogP contribution in [0.1, 0.15) is 27.9 Å². The average molecular weight is 343 g/mol. The summed E-state index contributed by atoms with van der Waals surface area (Å²) < 4.78 is 16.1.